The van der Waals surface area contributed by atoms with Gasteiger partial charge in [0.1, 0.15) is 5.82 Å². The normalized spacial score (nSPS) is 11.4. The summed E-state index contributed by atoms with van der Waals surface area (Å²) in [6.45, 7) is 1.85. The number of nitrogens with zero attached hydrogens (tertiary/aromatic N) is 3. The van der Waals surface area contributed by atoms with Crippen LogP contribution in [0, 0.1) is 0 Å². The highest BCUT2D eigenvalue weighted by Gasteiger charge is 2.16. The number of hydroxylamine groups is 1. The number of nitrogens with two attached hydrogens (primary N) is 1. The number of aromatic nitrogens is 2. The summed E-state index contributed by atoms with van der Waals surface area (Å²) in [6, 6.07) is 3.73. The molecule has 0 spiro atoms. The third kappa shape index (κ3) is 5.67. The Balaban J connectivity index is 0.00000392. The summed E-state index contributed by atoms with van der Waals surface area (Å²) in [6.07, 6.45) is 2.01. The minimum absolute atomic E-state index is 0. The van der Waals surface area contributed by atoms with Crippen molar-refractivity contribution in [1.82, 2.24) is 9.97 Å². The molecule has 8 nitrogen and oxygen atoms in total. The van der Waals surface area contributed by atoms with Gasteiger partial charge in [-0.15, -0.1) is 24.0 Å². The summed E-state index contributed by atoms with van der Waals surface area (Å²) in [5.41, 5.74) is 7.82. The van der Waals surface area contributed by atoms with Gasteiger partial charge in [0.25, 0.3) is 5.95 Å². The average Bonchev–Trinajstić information content (AvgIpc) is 2.68. The second kappa shape index (κ2) is 11.0. The monoisotopic (exact) mass is 432 g/mol. The molecule has 0 bridgehead atoms. The van der Waals surface area contributed by atoms with E-state index in [0.29, 0.717) is 41.3 Å². The fraction of sp³-hybridized carbons (Fsp3) is 0.444. The largest absolute Gasteiger partial charge is 0.493 e. The highest BCUT2D eigenvalue weighted by Crippen LogP contribution is 2.38. The maximum atomic E-state index is 6.12. The fourth-order valence-electron chi connectivity index (χ4n) is 2.50. The van der Waals surface area contributed by atoms with Gasteiger partial charge in [0.05, 0.1) is 33.3 Å². The number of hydrogen-bond acceptors (Lipinski definition) is 8. The maximum Gasteiger partial charge on any atom is 0.251 e. The Bertz CT molecular complexity index is 754. The van der Waals surface area contributed by atoms with Crippen LogP contribution in [-0.4, -0.2) is 50.3 Å². The van der Waals surface area contributed by atoms with Crippen molar-refractivity contribution < 1.29 is 19.0 Å². The Labute approximate surface area is 176 Å². The van der Waals surface area contributed by atoms with E-state index in [1.54, 1.807) is 34.6 Å². The van der Waals surface area contributed by atoms with E-state index < -0.39 is 0 Å². The number of alkyl halides is 1. The van der Waals surface area contributed by atoms with Crippen molar-refractivity contribution in [3.05, 3.63) is 29.5 Å². The Hall–Kier alpha value is -2.16. The van der Waals surface area contributed by atoms with Crippen LogP contribution >= 0.6 is 24.0 Å². The van der Waals surface area contributed by atoms with Crippen molar-refractivity contribution in [2.24, 2.45) is 0 Å². The first-order valence-electron chi connectivity index (χ1n) is 8.30. The summed E-state index contributed by atoms with van der Waals surface area (Å²) in [5.74, 6) is 2.77. The molecule has 0 aliphatic carbocycles. The zero-order valence-electron chi connectivity index (χ0n) is 16.6. The molecule has 1 aromatic heterocycles. The van der Waals surface area contributed by atoms with E-state index >= 15 is 0 Å². The van der Waals surface area contributed by atoms with Crippen LogP contribution in [0.2, 0.25) is 0 Å². The first kappa shape index (κ1) is 23.9. The van der Waals surface area contributed by atoms with E-state index in [2.05, 4.69) is 9.97 Å². The summed E-state index contributed by atoms with van der Waals surface area (Å²) in [4.78, 5) is 14.2. The van der Waals surface area contributed by atoms with Gasteiger partial charge in [-0.3, -0.25) is 4.84 Å². The predicted molar refractivity (Wildman–Crippen MR) is 112 cm³/mol. The molecule has 0 amide bonds. The van der Waals surface area contributed by atoms with Crippen LogP contribution in [0.3, 0.4) is 0 Å². The van der Waals surface area contributed by atoms with Gasteiger partial charge in [-0.25, -0.2) is 10.0 Å². The number of ether oxygens (including phenoxy) is 3. The molecule has 0 saturated heterocycles. The van der Waals surface area contributed by atoms with Crippen LogP contribution in [0.4, 0.5) is 11.8 Å². The molecule has 156 valence electrons. The Morgan fingerprint density at radius 3 is 2.21 bits per heavy atom. The lowest BCUT2D eigenvalue weighted by molar-refractivity contribution is 0.0665. The fourth-order valence-corrected chi connectivity index (χ4v) is 2.56. The zero-order chi connectivity index (χ0) is 20.0. The first-order chi connectivity index (χ1) is 12.9. The number of anilines is 2. The molecule has 1 unspecified atom stereocenters. The van der Waals surface area contributed by atoms with Crippen LogP contribution in [0.1, 0.15) is 18.1 Å². The van der Waals surface area contributed by atoms with Crippen LogP contribution < -0.4 is 25.0 Å². The molecule has 0 radical (unpaired) electrons. The second-order valence-corrected chi connectivity index (χ2v) is 6.17. The zero-order valence-corrected chi connectivity index (χ0v) is 18.1. The molecule has 1 heterocycles. The molecule has 0 aliphatic rings. The lowest BCUT2D eigenvalue weighted by atomic mass is 10.1. The maximum absolute atomic E-state index is 6.12. The molecule has 10 heteroatoms. The van der Waals surface area contributed by atoms with Gasteiger partial charge in [-0.05, 0) is 24.6 Å². The third-order valence-corrected chi connectivity index (χ3v) is 4.28. The molecule has 2 N–H and O–H groups in total. The number of hydrogen-bond donors (Lipinski definition) is 1. The molecular formula is C18H26Cl2N4O4. The lowest BCUT2D eigenvalue weighted by Gasteiger charge is -2.20. The van der Waals surface area contributed by atoms with Gasteiger partial charge in [0.15, 0.2) is 11.5 Å². The SMILES string of the molecule is COc1cc(Cc2cnc(N(C)OC(C)CCl)nc2N)cc(OC)c1OC.Cl. The van der Waals surface area contributed by atoms with E-state index in [9.17, 15) is 0 Å². The molecule has 1 aromatic carbocycles. The number of nitrogen functional groups attached to an aromatic ring is 1. The molecule has 0 aliphatic heterocycles. The second-order valence-electron chi connectivity index (χ2n) is 5.86. The van der Waals surface area contributed by atoms with Crippen LogP contribution in [0.25, 0.3) is 0 Å². The quantitative estimate of drug-likeness (QED) is 0.477. The van der Waals surface area contributed by atoms with E-state index in [0.717, 1.165) is 11.1 Å². The first-order valence-corrected chi connectivity index (χ1v) is 8.83. The van der Waals surface area contributed by atoms with E-state index in [4.69, 9.17) is 36.4 Å². The van der Waals surface area contributed by atoms with E-state index in [-0.39, 0.29) is 18.5 Å². The third-order valence-electron chi connectivity index (χ3n) is 3.84. The van der Waals surface area contributed by atoms with Crippen molar-refractivity contribution in [3.8, 4) is 17.2 Å². The molecule has 1 atom stereocenters. The molecule has 0 saturated carbocycles. The summed E-state index contributed by atoms with van der Waals surface area (Å²) >= 11 is 5.75. The van der Waals surface area contributed by atoms with Crippen molar-refractivity contribution in [1.29, 1.82) is 0 Å². The van der Waals surface area contributed by atoms with Gasteiger partial charge >= 0.3 is 0 Å². The summed E-state index contributed by atoms with van der Waals surface area (Å²) in [7, 11) is 6.42. The lowest BCUT2D eigenvalue weighted by Crippen LogP contribution is -2.27. The molecule has 0 fully saturated rings. The number of halogens is 2. The van der Waals surface area contributed by atoms with Crippen molar-refractivity contribution in [2.75, 3.05) is 45.1 Å². The average molecular weight is 433 g/mol. The standard InChI is InChI=1S/C18H25ClN4O4.ClH/c1-11(9-19)27-23(2)18-21-10-13(17(20)22-18)6-12-7-14(24-3)16(26-5)15(8-12)25-4;/h7-8,10-11H,6,9H2,1-5H3,(H2,20,21,22);1H. The van der Waals surface area contributed by atoms with Crippen molar-refractivity contribution in [2.45, 2.75) is 19.4 Å². The van der Waals surface area contributed by atoms with Crippen molar-refractivity contribution in [3.63, 3.8) is 0 Å². The van der Waals surface area contributed by atoms with Gasteiger partial charge in [0, 0.05) is 25.2 Å². The Morgan fingerprint density at radius 1 is 1.14 bits per heavy atom. The van der Waals surface area contributed by atoms with Crippen LogP contribution in [-0.2, 0) is 11.3 Å². The van der Waals surface area contributed by atoms with Crippen molar-refractivity contribution >= 4 is 35.8 Å². The Morgan fingerprint density at radius 2 is 1.75 bits per heavy atom. The molecular weight excluding hydrogens is 407 g/mol. The number of rotatable bonds is 9. The van der Waals surface area contributed by atoms with Crippen LogP contribution in [0.5, 0.6) is 17.2 Å². The van der Waals surface area contributed by atoms with Crippen LogP contribution in [0.15, 0.2) is 18.3 Å². The number of methoxy groups -OCH3 is 3. The minimum Gasteiger partial charge on any atom is -0.493 e. The van der Waals surface area contributed by atoms with Gasteiger partial charge in [0.2, 0.25) is 5.75 Å². The molecule has 28 heavy (non-hydrogen) atoms. The molecule has 2 rings (SSSR count). The smallest absolute Gasteiger partial charge is 0.251 e. The van der Waals surface area contributed by atoms with E-state index in [1.165, 1.54) is 5.06 Å². The topological polar surface area (TPSA) is 92.0 Å². The van der Waals surface area contributed by atoms with Gasteiger partial charge in [-0.1, -0.05) is 0 Å². The summed E-state index contributed by atoms with van der Waals surface area (Å²) in [5, 5.41) is 1.45. The summed E-state index contributed by atoms with van der Waals surface area (Å²) < 4.78 is 16.1. The minimum atomic E-state index is -0.166. The number of benzene rings is 1. The van der Waals surface area contributed by atoms with E-state index in [1.807, 2.05) is 19.1 Å². The highest BCUT2D eigenvalue weighted by molar-refractivity contribution is 6.18. The molecule has 2 aromatic rings. The Kier molecular flexibility index (Phi) is 9.37. The van der Waals surface area contributed by atoms with Gasteiger partial charge in [-0.2, -0.15) is 4.98 Å². The van der Waals surface area contributed by atoms with Gasteiger partial charge < -0.3 is 19.9 Å². The predicted octanol–water partition coefficient (Wildman–Crippen LogP) is 3.09. The highest BCUT2D eigenvalue weighted by atomic mass is 35.5.